The number of benzene rings is 3. The van der Waals surface area contributed by atoms with Gasteiger partial charge in [0, 0.05) is 10.8 Å². The zero-order chi connectivity index (χ0) is 14.2. The van der Waals surface area contributed by atoms with Crippen molar-refractivity contribution in [2.75, 3.05) is 0 Å². The number of para-hydroxylation sites is 1. The molecule has 2 heteroatoms. The largest absolute Gasteiger partial charge is 0.422 e. The minimum Gasteiger partial charge on any atom is -0.422 e. The number of fused-ring (bicyclic) bond motifs is 3. The molecular weight excluding hydrogens is 260 g/mol. The van der Waals surface area contributed by atoms with Gasteiger partial charge in [-0.05, 0) is 17.2 Å². The topological polar surface area (TPSA) is 30.2 Å². The summed E-state index contributed by atoms with van der Waals surface area (Å²) in [7, 11) is 0. The van der Waals surface area contributed by atoms with E-state index in [0.29, 0.717) is 11.0 Å². The highest BCUT2D eigenvalue weighted by Gasteiger charge is 2.11. The molecule has 0 bridgehead atoms. The normalized spacial score (nSPS) is 11.0. The Morgan fingerprint density at radius 1 is 0.667 bits per heavy atom. The average Bonchev–Trinajstić information content (AvgIpc) is 2.55. The van der Waals surface area contributed by atoms with Crippen molar-refractivity contribution in [1.82, 2.24) is 0 Å². The molecule has 3 aromatic carbocycles. The van der Waals surface area contributed by atoms with Gasteiger partial charge >= 0.3 is 5.63 Å². The zero-order valence-corrected chi connectivity index (χ0v) is 11.2. The van der Waals surface area contributed by atoms with Gasteiger partial charge in [-0.3, -0.25) is 0 Å². The first kappa shape index (κ1) is 11.9. The Morgan fingerprint density at radius 2 is 1.38 bits per heavy atom. The second-order valence-electron chi connectivity index (χ2n) is 4.98. The van der Waals surface area contributed by atoms with E-state index in [0.717, 1.165) is 21.9 Å². The summed E-state index contributed by atoms with van der Waals surface area (Å²) >= 11 is 0. The fraction of sp³-hybridized carbons (Fsp3) is 0. The van der Waals surface area contributed by atoms with Gasteiger partial charge in [0.05, 0.1) is 5.39 Å². The number of rotatable bonds is 1. The Labute approximate surface area is 121 Å². The van der Waals surface area contributed by atoms with Crippen molar-refractivity contribution in [3.05, 3.63) is 83.2 Å². The average molecular weight is 272 g/mol. The lowest BCUT2D eigenvalue weighted by Gasteiger charge is -2.07. The van der Waals surface area contributed by atoms with E-state index in [9.17, 15) is 4.79 Å². The van der Waals surface area contributed by atoms with Crippen molar-refractivity contribution in [3.63, 3.8) is 0 Å². The summed E-state index contributed by atoms with van der Waals surface area (Å²) in [6.45, 7) is 0. The van der Waals surface area contributed by atoms with E-state index in [4.69, 9.17) is 4.42 Å². The lowest BCUT2D eigenvalue weighted by Crippen LogP contribution is -2.01. The molecule has 1 aromatic heterocycles. The Hall–Kier alpha value is -2.87. The predicted molar refractivity (Wildman–Crippen MR) is 85.4 cm³/mol. The summed E-state index contributed by atoms with van der Waals surface area (Å²) in [5, 5.41) is 2.54. The Kier molecular flexibility index (Phi) is 2.61. The molecule has 0 aliphatic heterocycles. The highest BCUT2D eigenvalue weighted by Crippen LogP contribution is 2.30. The van der Waals surface area contributed by atoms with Gasteiger partial charge in [0.15, 0.2) is 0 Å². The van der Waals surface area contributed by atoms with E-state index >= 15 is 0 Å². The maximum Gasteiger partial charge on any atom is 0.344 e. The standard InChI is InChI=1S/C19H12O2/c20-19-18-14(13-7-2-1-3-8-13)10-6-11-16(18)15-9-4-5-12-17(15)21-19/h1-12H. The minimum atomic E-state index is -0.289. The molecule has 0 N–H and O–H groups in total. The minimum absolute atomic E-state index is 0.289. The van der Waals surface area contributed by atoms with E-state index in [-0.39, 0.29) is 5.63 Å². The van der Waals surface area contributed by atoms with Gasteiger partial charge in [0.1, 0.15) is 5.58 Å². The first-order valence-electron chi connectivity index (χ1n) is 6.84. The van der Waals surface area contributed by atoms with E-state index < -0.39 is 0 Å². The summed E-state index contributed by atoms with van der Waals surface area (Å²) in [6, 6.07) is 23.5. The molecule has 4 rings (SSSR count). The van der Waals surface area contributed by atoms with Gasteiger partial charge in [0.2, 0.25) is 0 Å². The molecule has 0 unspecified atom stereocenters. The second-order valence-corrected chi connectivity index (χ2v) is 4.98. The van der Waals surface area contributed by atoms with Gasteiger partial charge in [0.25, 0.3) is 0 Å². The van der Waals surface area contributed by atoms with Gasteiger partial charge in [-0.1, -0.05) is 66.7 Å². The third kappa shape index (κ3) is 1.84. The molecule has 0 saturated heterocycles. The van der Waals surface area contributed by atoms with Crippen LogP contribution in [0.25, 0.3) is 32.9 Å². The van der Waals surface area contributed by atoms with E-state index in [1.165, 1.54) is 0 Å². The molecule has 0 saturated carbocycles. The highest BCUT2D eigenvalue weighted by molar-refractivity contribution is 6.09. The predicted octanol–water partition coefficient (Wildman–Crippen LogP) is 4.61. The summed E-state index contributed by atoms with van der Waals surface area (Å²) in [4.78, 5) is 12.4. The molecule has 0 aliphatic carbocycles. The lowest BCUT2D eigenvalue weighted by molar-refractivity contribution is 0.570. The van der Waals surface area contributed by atoms with Crippen LogP contribution in [0.3, 0.4) is 0 Å². The van der Waals surface area contributed by atoms with Crippen LogP contribution in [0.5, 0.6) is 0 Å². The maximum absolute atomic E-state index is 12.4. The fourth-order valence-electron chi connectivity index (χ4n) is 2.78. The summed E-state index contributed by atoms with van der Waals surface area (Å²) in [6.07, 6.45) is 0. The van der Waals surface area contributed by atoms with Crippen LogP contribution < -0.4 is 5.63 Å². The van der Waals surface area contributed by atoms with Crippen molar-refractivity contribution >= 4 is 21.7 Å². The molecule has 4 aromatic rings. The Morgan fingerprint density at radius 3 is 2.24 bits per heavy atom. The number of hydrogen-bond donors (Lipinski definition) is 0. The number of hydrogen-bond acceptors (Lipinski definition) is 2. The lowest BCUT2D eigenvalue weighted by atomic mass is 9.98. The molecule has 100 valence electrons. The highest BCUT2D eigenvalue weighted by atomic mass is 16.4. The van der Waals surface area contributed by atoms with Crippen LogP contribution in [-0.4, -0.2) is 0 Å². The monoisotopic (exact) mass is 272 g/mol. The van der Waals surface area contributed by atoms with Gasteiger partial charge in [-0.25, -0.2) is 4.79 Å². The van der Waals surface area contributed by atoms with E-state index in [2.05, 4.69) is 0 Å². The van der Waals surface area contributed by atoms with Crippen molar-refractivity contribution in [2.45, 2.75) is 0 Å². The van der Waals surface area contributed by atoms with Crippen molar-refractivity contribution in [1.29, 1.82) is 0 Å². The van der Waals surface area contributed by atoms with Crippen molar-refractivity contribution in [3.8, 4) is 11.1 Å². The molecule has 0 spiro atoms. The molecular formula is C19H12O2. The van der Waals surface area contributed by atoms with Crippen LogP contribution in [0.15, 0.2) is 82.0 Å². The third-order valence-corrected chi connectivity index (χ3v) is 3.73. The maximum atomic E-state index is 12.4. The van der Waals surface area contributed by atoms with Crippen LogP contribution in [0.2, 0.25) is 0 Å². The van der Waals surface area contributed by atoms with Crippen LogP contribution in [0, 0.1) is 0 Å². The van der Waals surface area contributed by atoms with Crippen LogP contribution in [0.4, 0.5) is 0 Å². The van der Waals surface area contributed by atoms with Crippen molar-refractivity contribution < 1.29 is 4.42 Å². The zero-order valence-electron chi connectivity index (χ0n) is 11.2. The van der Waals surface area contributed by atoms with Gasteiger partial charge in [-0.2, -0.15) is 0 Å². The smallest absolute Gasteiger partial charge is 0.344 e. The SMILES string of the molecule is O=c1oc2ccccc2c2cccc(-c3ccccc3)c12. The molecule has 0 fully saturated rings. The quantitative estimate of drug-likeness (QED) is 0.374. The first-order valence-corrected chi connectivity index (χ1v) is 6.84. The molecule has 0 aliphatic rings. The molecule has 0 radical (unpaired) electrons. The second kappa shape index (κ2) is 4.60. The summed E-state index contributed by atoms with van der Waals surface area (Å²) in [5.41, 5.74) is 2.27. The van der Waals surface area contributed by atoms with E-state index in [1.54, 1.807) is 0 Å². The molecule has 1 heterocycles. The molecule has 0 atom stereocenters. The van der Waals surface area contributed by atoms with Gasteiger partial charge < -0.3 is 4.42 Å². The molecule has 2 nitrogen and oxygen atoms in total. The molecule has 0 amide bonds. The summed E-state index contributed by atoms with van der Waals surface area (Å²) < 4.78 is 5.48. The van der Waals surface area contributed by atoms with Gasteiger partial charge in [-0.15, -0.1) is 0 Å². The molecule has 21 heavy (non-hydrogen) atoms. The Bertz CT molecular complexity index is 998. The third-order valence-electron chi connectivity index (χ3n) is 3.73. The first-order chi connectivity index (χ1) is 10.3. The Balaban J connectivity index is 2.20. The van der Waals surface area contributed by atoms with Crippen LogP contribution in [0.1, 0.15) is 0 Å². The summed E-state index contributed by atoms with van der Waals surface area (Å²) in [5.74, 6) is 0. The van der Waals surface area contributed by atoms with Crippen molar-refractivity contribution in [2.24, 2.45) is 0 Å². The van der Waals surface area contributed by atoms with E-state index in [1.807, 2.05) is 72.8 Å². The fourth-order valence-corrected chi connectivity index (χ4v) is 2.78. The van der Waals surface area contributed by atoms with Crippen LogP contribution >= 0.6 is 0 Å². The van der Waals surface area contributed by atoms with Crippen LogP contribution in [-0.2, 0) is 0 Å².